The van der Waals surface area contributed by atoms with E-state index in [4.69, 9.17) is 14.6 Å². The van der Waals surface area contributed by atoms with Gasteiger partial charge >= 0.3 is 12.1 Å². The maximum atomic E-state index is 12.0. The Kier molecular flexibility index (Phi) is 5.46. The van der Waals surface area contributed by atoms with E-state index in [2.05, 4.69) is 4.98 Å². The first kappa shape index (κ1) is 19.9. The highest BCUT2D eigenvalue weighted by atomic mass is 16.6. The Morgan fingerprint density at radius 1 is 1.29 bits per heavy atom. The maximum Gasteiger partial charge on any atom is 0.410 e. The topological polar surface area (TPSA) is 114 Å². The number of carboxylic acids is 1. The lowest BCUT2D eigenvalue weighted by molar-refractivity contribution is -0.148. The highest BCUT2D eigenvalue weighted by Gasteiger charge is 2.34. The van der Waals surface area contributed by atoms with Crippen LogP contribution in [0.15, 0.2) is 24.5 Å². The molecule has 0 aromatic carbocycles. The number of carbonyl (C=O) groups is 2. The third-order valence-electron chi connectivity index (χ3n) is 4.27. The van der Waals surface area contributed by atoms with Crippen molar-refractivity contribution in [2.75, 3.05) is 19.7 Å². The van der Waals surface area contributed by atoms with Crippen molar-refractivity contribution in [1.29, 1.82) is 0 Å². The third kappa shape index (κ3) is 4.92. The van der Waals surface area contributed by atoms with Crippen molar-refractivity contribution >= 4 is 17.7 Å². The molecule has 9 nitrogen and oxygen atoms in total. The molecule has 28 heavy (non-hydrogen) atoms. The van der Waals surface area contributed by atoms with Gasteiger partial charge in [0, 0.05) is 19.3 Å². The van der Waals surface area contributed by atoms with E-state index in [9.17, 15) is 14.7 Å². The number of hydrogen-bond acceptors (Lipinski definition) is 6. The Hall–Kier alpha value is -2.81. The van der Waals surface area contributed by atoms with E-state index in [-0.39, 0.29) is 12.7 Å². The van der Waals surface area contributed by atoms with E-state index >= 15 is 0 Å². The van der Waals surface area contributed by atoms with E-state index in [1.807, 2.05) is 27.0 Å². The van der Waals surface area contributed by atoms with Crippen molar-refractivity contribution < 1.29 is 29.3 Å². The molecule has 0 spiro atoms. The van der Waals surface area contributed by atoms with Crippen molar-refractivity contribution in [3.63, 3.8) is 0 Å². The number of carboxylic acid groups (broad SMARTS) is 1. The quantitative estimate of drug-likeness (QED) is 0.768. The molecule has 1 atom stereocenters. The number of hydrogen-bond donors (Lipinski definition) is 2. The number of aliphatic carboxylic acids is 1. The lowest BCUT2D eigenvalue weighted by Gasteiger charge is -2.39. The molecule has 1 fully saturated rings. The summed E-state index contributed by atoms with van der Waals surface area (Å²) in [4.78, 5) is 28.9. The van der Waals surface area contributed by atoms with Gasteiger partial charge in [0.1, 0.15) is 23.6 Å². The number of likely N-dealkylation sites (tertiary alicyclic amines) is 1. The van der Waals surface area contributed by atoms with Gasteiger partial charge in [-0.1, -0.05) is 0 Å². The molecule has 1 unspecified atom stereocenters. The first-order valence-corrected chi connectivity index (χ1v) is 9.10. The number of aliphatic hydroxyl groups excluding tert-OH is 1. The number of amides is 1. The van der Waals surface area contributed by atoms with Crippen LogP contribution < -0.4 is 4.74 Å². The van der Waals surface area contributed by atoms with Crippen LogP contribution in [0.2, 0.25) is 0 Å². The van der Waals surface area contributed by atoms with Crippen LogP contribution in [0.25, 0.3) is 5.65 Å². The number of rotatable bonds is 6. The lowest BCUT2D eigenvalue weighted by atomic mass is 9.95. The lowest BCUT2D eigenvalue weighted by Crippen LogP contribution is -2.52. The number of fused-ring (bicyclic) bond motifs is 1. The number of imidazole rings is 1. The van der Waals surface area contributed by atoms with Crippen LogP contribution in [0.5, 0.6) is 5.75 Å². The normalized spacial score (nSPS) is 15.9. The molecular formula is C19H25N3O6. The highest BCUT2D eigenvalue weighted by molar-refractivity contribution is 5.72. The Morgan fingerprint density at radius 3 is 2.64 bits per heavy atom. The second kappa shape index (κ2) is 7.67. The van der Waals surface area contributed by atoms with Crippen molar-refractivity contribution in [1.82, 2.24) is 14.3 Å². The molecule has 0 aliphatic carbocycles. The van der Waals surface area contributed by atoms with Crippen LogP contribution in [0, 0.1) is 5.92 Å². The third-order valence-corrected chi connectivity index (χ3v) is 4.27. The molecule has 152 valence electrons. The average molecular weight is 391 g/mol. The monoisotopic (exact) mass is 391 g/mol. The van der Waals surface area contributed by atoms with Crippen molar-refractivity contribution in [2.45, 2.75) is 38.9 Å². The van der Waals surface area contributed by atoms with Gasteiger partial charge in [0.15, 0.2) is 6.10 Å². The van der Waals surface area contributed by atoms with Crippen LogP contribution >= 0.6 is 0 Å². The first-order chi connectivity index (χ1) is 13.1. The largest absolute Gasteiger partial charge is 0.489 e. The van der Waals surface area contributed by atoms with E-state index in [0.717, 1.165) is 17.8 Å². The maximum absolute atomic E-state index is 12.0. The van der Waals surface area contributed by atoms with Gasteiger partial charge in [-0.3, -0.25) is 0 Å². The van der Waals surface area contributed by atoms with E-state index in [1.54, 1.807) is 27.6 Å². The SMILES string of the molecule is CC(C)(C)OC(=O)N1CC(Cc2cn3cc(OCC(O)C(=O)O)ccc3n2)C1. The number of carbonyl (C=O) groups excluding carboxylic acids is 1. The van der Waals surface area contributed by atoms with Crippen molar-refractivity contribution in [3.8, 4) is 5.75 Å². The van der Waals surface area contributed by atoms with Gasteiger partial charge in [-0.05, 0) is 45.2 Å². The minimum Gasteiger partial charge on any atom is -0.489 e. The molecule has 1 aliphatic heterocycles. The summed E-state index contributed by atoms with van der Waals surface area (Å²) in [6.07, 6.45) is 2.46. The first-order valence-electron chi connectivity index (χ1n) is 9.10. The van der Waals surface area contributed by atoms with Gasteiger partial charge in [0.05, 0.1) is 11.9 Å². The predicted octanol–water partition coefficient (Wildman–Crippen LogP) is 1.57. The van der Waals surface area contributed by atoms with Crippen LogP contribution in [0.4, 0.5) is 4.79 Å². The summed E-state index contributed by atoms with van der Waals surface area (Å²) in [6, 6.07) is 3.44. The summed E-state index contributed by atoms with van der Waals surface area (Å²) in [5, 5.41) is 18.0. The summed E-state index contributed by atoms with van der Waals surface area (Å²) in [5.41, 5.74) is 1.14. The van der Waals surface area contributed by atoms with Crippen molar-refractivity contribution in [3.05, 3.63) is 30.2 Å². The molecule has 1 saturated heterocycles. The standard InChI is InChI=1S/C19H25N3O6/c1-19(2,3)28-18(26)22-7-12(8-22)6-13-9-21-10-14(4-5-16(21)20-13)27-11-15(23)17(24)25/h4-5,9-10,12,15,23H,6-8,11H2,1-3H3,(H,24,25). The molecule has 1 aliphatic rings. The van der Waals surface area contributed by atoms with Gasteiger partial charge in [0.25, 0.3) is 0 Å². The van der Waals surface area contributed by atoms with Crippen LogP contribution in [-0.2, 0) is 16.0 Å². The number of pyridine rings is 1. The van der Waals surface area contributed by atoms with E-state index in [1.165, 1.54) is 0 Å². The van der Waals surface area contributed by atoms with Crippen LogP contribution in [-0.4, -0.2) is 68.0 Å². The summed E-state index contributed by atoms with van der Waals surface area (Å²) < 4.78 is 12.5. The zero-order valence-electron chi connectivity index (χ0n) is 16.2. The Bertz CT molecular complexity index is 866. The molecule has 2 N–H and O–H groups in total. The molecular weight excluding hydrogens is 366 g/mol. The predicted molar refractivity (Wildman–Crippen MR) is 99.3 cm³/mol. The fourth-order valence-corrected chi connectivity index (χ4v) is 2.92. The van der Waals surface area contributed by atoms with Gasteiger partial charge in [0.2, 0.25) is 0 Å². The van der Waals surface area contributed by atoms with Gasteiger partial charge in [-0.25, -0.2) is 14.6 Å². The molecule has 0 bridgehead atoms. The van der Waals surface area contributed by atoms with Crippen LogP contribution in [0.3, 0.4) is 0 Å². The molecule has 3 heterocycles. The molecule has 2 aromatic heterocycles. The smallest absolute Gasteiger partial charge is 0.410 e. The Labute approximate surface area is 162 Å². The minimum atomic E-state index is -1.57. The Balaban J connectivity index is 1.54. The van der Waals surface area contributed by atoms with Crippen LogP contribution in [0.1, 0.15) is 26.5 Å². The number of aromatic nitrogens is 2. The molecule has 3 rings (SSSR count). The van der Waals surface area contributed by atoms with Crippen molar-refractivity contribution in [2.24, 2.45) is 5.92 Å². The average Bonchev–Trinajstić information content (AvgIpc) is 2.95. The van der Waals surface area contributed by atoms with E-state index in [0.29, 0.717) is 24.8 Å². The second-order valence-corrected chi connectivity index (χ2v) is 7.98. The molecule has 1 amide bonds. The summed E-state index contributed by atoms with van der Waals surface area (Å²) in [5.74, 6) is -0.553. The highest BCUT2D eigenvalue weighted by Crippen LogP contribution is 2.23. The minimum absolute atomic E-state index is 0.288. The molecule has 2 aromatic rings. The number of ether oxygens (including phenoxy) is 2. The summed E-state index contributed by atoms with van der Waals surface area (Å²) >= 11 is 0. The summed E-state index contributed by atoms with van der Waals surface area (Å²) in [7, 11) is 0. The Morgan fingerprint density at radius 2 is 2.00 bits per heavy atom. The number of aliphatic hydroxyl groups is 1. The van der Waals surface area contributed by atoms with Gasteiger partial charge < -0.3 is 29.0 Å². The zero-order chi connectivity index (χ0) is 20.5. The van der Waals surface area contributed by atoms with Gasteiger partial charge in [-0.15, -0.1) is 0 Å². The fraction of sp³-hybridized carbons (Fsp3) is 0.526. The van der Waals surface area contributed by atoms with E-state index < -0.39 is 17.7 Å². The molecule has 0 radical (unpaired) electrons. The van der Waals surface area contributed by atoms with Gasteiger partial charge in [-0.2, -0.15) is 0 Å². The zero-order valence-corrected chi connectivity index (χ0v) is 16.2. The molecule has 0 saturated carbocycles. The molecule has 9 heteroatoms. The summed E-state index contributed by atoms with van der Waals surface area (Å²) in [6.45, 7) is 6.50. The number of nitrogens with zero attached hydrogens (tertiary/aromatic N) is 3. The second-order valence-electron chi connectivity index (χ2n) is 7.98. The fourth-order valence-electron chi connectivity index (χ4n) is 2.92.